The van der Waals surface area contributed by atoms with Crippen molar-refractivity contribution in [2.45, 2.75) is 6.61 Å². The summed E-state index contributed by atoms with van der Waals surface area (Å²) in [6.45, 7) is 0.451. The Labute approximate surface area is 94.7 Å². The third-order valence-electron chi connectivity index (χ3n) is 2.15. The maximum Gasteiger partial charge on any atom is 0.143 e. The van der Waals surface area contributed by atoms with Gasteiger partial charge in [0.2, 0.25) is 0 Å². The average Bonchev–Trinajstić information content (AvgIpc) is 2.38. The number of pyridine rings is 1. The van der Waals surface area contributed by atoms with Crippen molar-refractivity contribution in [1.29, 1.82) is 0 Å². The van der Waals surface area contributed by atoms with E-state index < -0.39 is 0 Å². The van der Waals surface area contributed by atoms with Gasteiger partial charge in [-0.2, -0.15) is 0 Å². The first-order valence-corrected chi connectivity index (χ1v) is 4.96. The van der Waals surface area contributed by atoms with E-state index in [0.29, 0.717) is 6.61 Å². The van der Waals surface area contributed by atoms with Gasteiger partial charge in [0.15, 0.2) is 0 Å². The molecule has 0 saturated carbocycles. The summed E-state index contributed by atoms with van der Waals surface area (Å²) in [6, 6.07) is 12.4. The quantitative estimate of drug-likeness (QED) is 0.783. The summed E-state index contributed by atoms with van der Waals surface area (Å²) in [5, 5.41) is 0. The van der Waals surface area contributed by atoms with Gasteiger partial charge in [0.1, 0.15) is 18.1 Å². The Morgan fingerprint density at radius 2 is 2.25 bits per heavy atom. The van der Waals surface area contributed by atoms with E-state index in [2.05, 4.69) is 11.1 Å². The summed E-state index contributed by atoms with van der Waals surface area (Å²) in [5.74, 6) is 1.46. The van der Waals surface area contributed by atoms with Gasteiger partial charge < -0.3 is 9.47 Å². The number of benzene rings is 1. The van der Waals surface area contributed by atoms with Crippen LogP contribution >= 0.6 is 0 Å². The highest BCUT2D eigenvalue weighted by Gasteiger charge is 2.02. The Balaban J connectivity index is 2.05. The number of rotatable bonds is 4. The Morgan fingerprint density at radius 3 is 3.00 bits per heavy atom. The van der Waals surface area contributed by atoms with Gasteiger partial charge in [-0.05, 0) is 12.1 Å². The topological polar surface area (TPSA) is 31.4 Å². The molecule has 1 aromatic heterocycles. The number of para-hydroxylation sites is 1. The summed E-state index contributed by atoms with van der Waals surface area (Å²) in [4.78, 5) is 3.98. The Bertz CT molecular complexity index is 443. The van der Waals surface area contributed by atoms with E-state index in [9.17, 15) is 0 Å². The molecule has 0 unspecified atom stereocenters. The lowest BCUT2D eigenvalue weighted by Gasteiger charge is -2.08. The lowest BCUT2D eigenvalue weighted by atomic mass is 10.2. The first-order chi connectivity index (χ1) is 7.90. The third kappa shape index (κ3) is 2.51. The van der Waals surface area contributed by atoms with Crippen LogP contribution in [0, 0.1) is 6.07 Å². The number of ether oxygens (including phenoxy) is 2. The van der Waals surface area contributed by atoms with Crippen LogP contribution in [0.2, 0.25) is 0 Å². The number of hydrogen-bond acceptors (Lipinski definition) is 3. The van der Waals surface area contributed by atoms with Crippen LogP contribution in [0.5, 0.6) is 11.5 Å². The monoisotopic (exact) mass is 214 g/mol. The van der Waals surface area contributed by atoms with Crippen molar-refractivity contribution in [1.82, 2.24) is 4.98 Å². The molecule has 0 N–H and O–H groups in total. The van der Waals surface area contributed by atoms with Gasteiger partial charge in [-0.3, -0.25) is 4.98 Å². The van der Waals surface area contributed by atoms with Crippen LogP contribution < -0.4 is 9.47 Å². The molecule has 0 amide bonds. The van der Waals surface area contributed by atoms with E-state index in [-0.39, 0.29) is 0 Å². The predicted molar refractivity (Wildman–Crippen MR) is 60.4 cm³/mol. The van der Waals surface area contributed by atoms with Crippen molar-refractivity contribution >= 4 is 0 Å². The minimum atomic E-state index is 0.451. The van der Waals surface area contributed by atoms with E-state index in [1.54, 1.807) is 19.5 Å². The molecule has 16 heavy (non-hydrogen) atoms. The van der Waals surface area contributed by atoms with Crippen molar-refractivity contribution in [2.75, 3.05) is 7.11 Å². The maximum absolute atomic E-state index is 5.57. The second-order valence-electron chi connectivity index (χ2n) is 3.20. The molecular formula is C13H12NO2. The van der Waals surface area contributed by atoms with E-state index in [1.165, 1.54) is 0 Å². The van der Waals surface area contributed by atoms with Crippen molar-refractivity contribution in [2.24, 2.45) is 0 Å². The molecule has 0 aliphatic heterocycles. The minimum absolute atomic E-state index is 0.451. The second kappa shape index (κ2) is 5.16. The summed E-state index contributed by atoms with van der Waals surface area (Å²) >= 11 is 0. The zero-order chi connectivity index (χ0) is 11.2. The van der Waals surface area contributed by atoms with Gasteiger partial charge in [0, 0.05) is 17.8 Å². The Kier molecular flexibility index (Phi) is 3.38. The molecular weight excluding hydrogens is 202 g/mol. The fraction of sp³-hybridized carbons (Fsp3) is 0.154. The van der Waals surface area contributed by atoms with Gasteiger partial charge in [0.05, 0.1) is 13.3 Å². The number of hydrogen-bond donors (Lipinski definition) is 0. The maximum atomic E-state index is 5.57. The fourth-order valence-electron chi connectivity index (χ4n) is 1.33. The molecule has 3 nitrogen and oxygen atoms in total. The van der Waals surface area contributed by atoms with E-state index in [1.807, 2.05) is 30.3 Å². The largest absolute Gasteiger partial charge is 0.495 e. The molecule has 1 radical (unpaired) electrons. The Morgan fingerprint density at radius 1 is 1.31 bits per heavy atom. The zero-order valence-electron chi connectivity index (χ0n) is 9.01. The molecule has 0 aliphatic carbocycles. The SMILES string of the molecule is COc1cnccc1COc1[c]cccc1. The normalized spacial score (nSPS) is 9.81. The van der Waals surface area contributed by atoms with Crippen LogP contribution in [-0.4, -0.2) is 12.1 Å². The molecule has 0 aliphatic rings. The highest BCUT2D eigenvalue weighted by atomic mass is 16.5. The minimum Gasteiger partial charge on any atom is -0.495 e. The van der Waals surface area contributed by atoms with Gasteiger partial charge in [-0.15, -0.1) is 0 Å². The fourth-order valence-corrected chi connectivity index (χ4v) is 1.33. The first kappa shape index (κ1) is 10.5. The summed E-state index contributed by atoms with van der Waals surface area (Å²) in [6.07, 6.45) is 3.39. The van der Waals surface area contributed by atoms with Crippen molar-refractivity contribution in [3.8, 4) is 11.5 Å². The molecule has 0 fully saturated rings. The lowest BCUT2D eigenvalue weighted by molar-refractivity contribution is 0.295. The highest BCUT2D eigenvalue weighted by Crippen LogP contribution is 2.18. The van der Waals surface area contributed by atoms with Gasteiger partial charge >= 0.3 is 0 Å². The van der Waals surface area contributed by atoms with E-state index >= 15 is 0 Å². The smallest absolute Gasteiger partial charge is 0.143 e. The number of nitrogens with zero attached hydrogens (tertiary/aromatic N) is 1. The Hall–Kier alpha value is -2.03. The molecule has 81 valence electrons. The highest BCUT2D eigenvalue weighted by molar-refractivity contribution is 5.30. The van der Waals surface area contributed by atoms with Crippen LogP contribution in [0.4, 0.5) is 0 Å². The van der Waals surface area contributed by atoms with Crippen LogP contribution in [0.25, 0.3) is 0 Å². The van der Waals surface area contributed by atoms with Crippen LogP contribution in [0.1, 0.15) is 5.56 Å². The van der Waals surface area contributed by atoms with Gasteiger partial charge in [0.25, 0.3) is 0 Å². The van der Waals surface area contributed by atoms with Gasteiger partial charge in [-0.1, -0.05) is 18.2 Å². The number of methoxy groups -OCH3 is 1. The average molecular weight is 214 g/mol. The standard InChI is InChI=1S/C13H12NO2/c1-15-13-9-14-8-7-11(13)10-16-12-5-3-2-4-6-12/h2-5,7-9H,10H2,1H3. The van der Waals surface area contributed by atoms with E-state index in [0.717, 1.165) is 17.1 Å². The number of aromatic nitrogens is 1. The lowest BCUT2D eigenvalue weighted by Crippen LogP contribution is -1.99. The molecule has 0 bridgehead atoms. The summed E-state index contributed by atoms with van der Waals surface area (Å²) in [5.41, 5.74) is 0.967. The van der Waals surface area contributed by atoms with Crippen molar-refractivity contribution < 1.29 is 9.47 Å². The molecule has 2 aromatic rings. The molecule has 0 saturated heterocycles. The molecule has 0 spiro atoms. The zero-order valence-corrected chi connectivity index (χ0v) is 9.01. The van der Waals surface area contributed by atoms with Crippen molar-refractivity contribution in [3.05, 3.63) is 54.4 Å². The predicted octanol–water partition coefficient (Wildman–Crippen LogP) is 2.47. The first-order valence-electron chi connectivity index (χ1n) is 4.96. The van der Waals surface area contributed by atoms with Crippen LogP contribution in [0.15, 0.2) is 42.7 Å². The summed E-state index contributed by atoms with van der Waals surface area (Å²) < 4.78 is 10.8. The van der Waals surface area contributed by atoms with Crippen molar-refractivity contribution in [3.63, 3.8) is 0 Å². The third-order valence-corrected chi connectivity index (χ3v) is 2.15. The summed E-state index contributed by atoms with van der Waals surface area (Å²) in [7, 11) is 1.62. The van der Waals surface area contributed by atoms with E-state index in [4.69, 9.17) is 9.47 Å². The molecule has 0 atom stereocenters. The molecule has 3 heteroatoms. The molecule has 1 heterocycles. The van der Waals surface area contributed by atoms with Crippen LogP contribution in [-0.2, 0) is 6.61 Å². The van der Waals surface area contributed by atoms with Crippen LogP contribution in [0.3, 0.4) is 0 Å². The molecule has 1 aromatic carbocycles. The van der Waals surface area contributed by atoms with Gasteiger partial charge in [-0.25, -0.2) is 0 Å². The second-order valence-corrected chi connectivity index (χ2v) is 3.20. The molecule has 2 rings (SSSR count).